The van der Waals surface area contributed by atoms with E-state index in [0.29, 0.717) is 22.5 Å². The second kappa shape index (κ2) is 10.9. The van der Waals surface area contributed by atoms with Crippen molar-refractivity contribution >= 4 is 16.9 Å². The minimum Gasteiger partial charge on any atom is -0.349 e. The molecule has 3 aromatic rings. The van der Waals surface area contributed by atoms with Crippen molar-refractivity contribution in [1.29, 1.82) is 10.5 Å². The van der Waals surface area contributed by atoms with Crippen LogP contribution in [0.25, 0.3) is 11.0 Å². The number of aryl methyl sites for hydroxylation is 1. The van der Waals surface area contributed by atoms with Crippen molar-refractivity contribution in [3.8, 4) is 12.1 Å². The van der Waals surface area contributed by atoms with Gasteiger partial charge in [-0.1, -0.05) is 45.0 Å². The van der Waals surface area contributed by atoms with E-state index in [0.717, 1.165) is 37.9 Å². The van der Waals surface area contributed by atoms with Crippen LogP contribution in [0.5, 0.6) is 0 Å². The van der Waals surface area contributed by atoms with E-state index in [4.69, 9.17) is 0 Å². The Morgan fingerprint density at radius 2 is 1.68 bits per heavy atom. The van der Waals surface area contributed by atoms with Crippen molar-refractivity contribution in [2.75, 3.05) is 18.0 Å². The van der Waals surface area contributed by atoms with Gasteiger partial charge >= 0.3 is 5.69 Å². The van der Waals surface area contributed by atoms with Crippen LogP contribution < -0.4 is 10.6 Å². The predicted octanol–water partition coefficient (Wildman–Crippen LogP) is 4.83. The molecule has 3 atom stereocenters. The topological polar surface area (TPSA) is 102 Å². The van der Waals surface area contributed by atoms with Gasteiger partial charge in [0, 0.05) is 38.3 Å². The average Bonchev–Trinajstić information content (AvgIpc) is 2.95. The van der Waals surface area contributed by atoms with Crippen LogP contribution in [0, 0.1) is 22.7 Å². The summed E-state index contributed by atoms with van der Waals surface area (Å²) in [7, 11) is 1.69. The highest BCUT2D eigenvalue weighted by Crippen LogP contribution is 2.35. The Kier molecular flexibility index (Phi) is 7.85. The molecule has 0 bridgehead atoms. The molecule has 0 radical (unpaired) electrons. The van der Waals surface area contributed by atoms with Gasteiger partial charge in [-0.05, 0) is 56.4 Å². The number of nitrogens with zero attached hydrogens (tertiary/aromatic N) is 7. The number of anilines is 1. The lowest BCUT2D eigenvalue weighted by atomic mass is 9.85. The van der Waals surface area contributed by atoms with Gasteiger partial charge in [-0.3, -0.25) is 9.47 Å². The summed E-state index contributed by atoms with van der Waals surface area (Å²) in [6.07, 6.45) is 2.80. The van der Waals surface area contributed by atoms with Gasteiger partial charge in [0.1, 0.15) is 17.3 Å². The first kappa shape index (κ1) is 27.3. The number of aromatic nitrogens is 3. The molecule has 8 nitrogen and oxygen atoms in total. The normalized spacial score (nSPS) is 19.2. The van der Waals surface area contributed by atoms with Crippen LogP contribution in [-0.2, 0) is 12.5 Å². The Labute approximate surface area is 225 Å². The molecule has 3 heterocycles. The van der Waals surface area contributed by atoms with Gasteiger partial charge in [-0.2, -0.15) is 15.5 Å². The second-order valence-corrected chi connectivity index (χ2v) is 10.7. The van der Waals surface area contributed by atoms with E-state index in [-0.39, 0.29) is 23.8 Å². The number of nitriles is 2. The van der Waals surface area contributed by atoms with E-state index in [1.165, 1.54) is 10.1 Å². The standard InChI is InChI=1S/C30H37N7O/c1-7-23-18-37(28-27-26(35(6)29(38)34-28)15-14-22(16-31)33-27)24(8-2)17-36(23)25(9-3)20-10-12-21(13-11-20)30(4,5)19-32/h10-15,23-25H,7-9,17-18H2,1-6H3/t23-,24+,25?/m1/s1. The van der Waals surface area contributed by atoms with Crippen molar-refractivity contribution in [1.82, 2.24) is 19.4 Å². The summed E-state index contributed by atoms with van der Waals surface area (Å²) in [6, 6.07) is 17.1. The maximum Gasteiger partial charge on any atom is 0.349 e. The predicted molar refractivity (Wildman–Crippen MR) is 150 cm³/mol. The van der Waals surface area contributed by atoms with Gasteiger partial charge < -0.3 is 4.90 Å². The average molecular weight is 512 g/mol. The molecule has 8 heteroatoms. The first-order chi connectivity index (χ1) is 18.2. The Bertz CT molecular complexity index is 1440. The Balaban J connectivity index is 1.72. The van der Waals surface area contributed by atoms with E-state index in [9.17, 15) is 15.3 Å². The summed E-state index contributed by atoms with van der Waals surface area (Å²) < 4.78 is 1.49. The molecular weight excluding hydrogens is 474 g/mol. The Hall–Kier alpha value is -3.75. The van der Waals surface area contributed by atoms with Crippen molar-refractivity contribution in [2.45, 2.75) is 77.4 Å². The highest BCUT2D eigenvalue weighted by atomic mass is 16.1. The SMILES string of the molecule is CCC(c1ccc(C(C)(C)C#N)cc1)N1C[C@H](CC)N(c2nc(=O)n(C)c3ccc(C#N)nc23)C[C@H]1CC. The minimum atomic E-state index is -0.521. The molecule has 1 aliphatic rings. The number of pyridine rings is 1. The van der Waals surface area contributed by atoms with Crippen LogP contribution in [0.15, 0.2) is 41.2 Å². The van der Waals surface area contributed by atoms with Crippen LogP contribution in [0.1, 0.15) is 76.7 Å². The van der Waals surface area contributed by atoms with Crippen LogP contribution in [0.4, 0.5) is 5.82 Å². The summed E-state index contributed by atoms with van der Waals surface area (Å²) in [5.41, 5.74) is 3.02. The molecule has 0 N–H and O–H groups in total. The third-order valence-electron chi connectivity index (χ3n) is 8.09. The molecule has 0 spiro atoms. The maximum atomic E-state index is 12.8. The monoisotopic (exact) mass is 511 g/mol. The molecule has 38 heavy (non-hydrogen) atoms. The zero-order chi connectivity index (χ0) is 27.6. The van der Waals surface area contributed by atoms with Gasteiger partial charge in [0.2, 0.25) is 0 Å². The molecule has 1 aliphatic heterocycles. The van der Waals surface area contributed by atoms with Crippen molar-refractivity contribution in [3.05, 3.63) is 63.7 Å². The highest BCUT2D eigenvalue weighted by molar-refractivity contribution is 5.86. The van der Waals surface area contributed by atoms with Crippen molar-refractivity contribution < 1.29 is 0 Å². The summed E-state index contributed by atoms with van der Waals surface area (Å²) in [5, 5.41) is 19.0. The lowest BCUT2D eigenvalue weighted by molar-refractivity contribution is 0.0895. The summed E-state index contributed by atoms with van der Waals surface area (Å²) in [6.45, 7) is 12.0. The Morgan fingerprint density at radius 1 is 1.00 bits per heavy atom. The smallest absolute Gasteiger partial charge is 0.349 e. The Morgan fingerprint density at radius 3 is 2.26 bits per heavy atom. The molecule has 2 aromatic heterocycles. The maximum absolute atomic E-state index is 12.8. The molecule has 1 saturated heterocycles. The number of hydrogen-bond acceptors (Lipinski definition) is 7. The molecular formula is C30H37N7O. The fraction of sp³-hybridized carbons (Fsp3) is 0.500. The van der Waals surface area contributed by atoms with Crippen LogP contribution >= 0.6 is 0 Å². The summed E-state index contributed by atoms with van der Waals surface area (Å²) in [4.78, 5) is 26.7. The molecule has 0 saturated carbocycles. The number of piperazine rings is 1. The minimum absolute atomic E-state index is 0.138. The second-order valence-electron chi connectivity index (χ2n) is 10.7. The summed E-state index contributed by atoms with van der Waals surface area (Å²) in [5.74, 6) is 0.571. The van der Waals surface area contributed by atoms with Gasteiger partial charge in [-0.25, -0.2) is 9.78 Å². The molecule has 0 aliphatic carbocycles. The lowest BCUT2D eigenvalue weighted by Crippen LogP contribution is -2.59. The van der Waals surface area contributed by atoms with Gasteiger partial charge in [0.05, 0.1) is 17.0 Å². The number of fused-ring (bicyclic) bond motifs is 1. The molecule has 4 rings (SSSR count). The number of rotatable bonds is 7. The van der Waals surface area contributed by atoms with E-state index < -0.39 is 5.41 Å². The first-order valence-electron chi connectivity index (χ1n) is 13.5. The van der Waals surface area contributed by atoms with Gasteiger partial charge in [0.25, 0.3) is 0 Å². The fourth-order valence-electron chi connectivity index (χ4n) is 5.65. The van der Waals surface area contributed by atoms with Crippen molar-refractivity contribution in [3.63, 3.8) is 0 Å². The highest BCUT2D eigenvalue weighted by Gasteiger charge is 2.37. The molecule has 0 amide bonds. The van der Waals surface area contributed by atoms with E-state index in [2.05, 4.69) is 76.9 Å². The first-order valence-corrected chi connectivity index (χ1v) is 13.5. The molecule has 1 aromatic carbocycles. The largest absolute Gasteiger partial charge is 0.349 e. The number of hydrogen-bond donors (Lipinski definition) is 0. The lowest BCUT2D eigenvalue weighted by Gasteiger charge is -2.49. The summed E-state index contributed by atoms with van der Waals surface area (Å²) >= 11 is 0. The zero-order valence-corrected chi connectivity index (χ0v) is 23.3. The third kappa shape index (κ3) is 4.89. The van der Waals surface area contributed by atoms with E-state index in [1.54, 1.807) is 19.2 Å². The van der Waals surface area contributed by atoms with Crippen LogP contribution in [-0.4, -0.2) is 44.6 Å². The zero-order valence-electron chi connectivity index (χ0n) is 23.3. The molecule has 1 unspecified atom stereocenters. The third-order valence-corrected chi connectivity index (χ3v) is 8.09. The van der Waals surface area contributed by atoms with E-state index in [1.807, 2.05) is 13.8 Å². The van der Waals surface area contributed by atoms with Gasteiger partial charge in [0.15, 0.2) is 5.82 Å². The fourth-order valence-corrected chi connectivity index (χ4v) is 5.65. The molecule has 1 fully saturated rings. The molecule has 198 valence electrons. The van der Waals surface area contributed by atoms with Crippen LogP contribution in [0.2, 0.25) is 0 Å². The number of benzene rings is 1. The van der Waals surface area contributed by atoms with E-state index >= 15 is 0 Å². The quantitative estimate of drug-likeness (QED) is 0.448. The van der Waals surface area contributed by atoms with Crippen LogP contribution in [0.3, 0.4) is 0 Å². The van der Waals surface area contributed by atoms with Crippen molar-refractivity contribution in [2.24, 2.45) is 7.05 Å². The van der Waals surface area contributed by atoms with Gasteiger partial charge in [-0.15, -0.1) is 0 Å².